The van der Waals surface area contributed by atoms with E-state index in [0.717, 1.165) is 16.9 Å². The Kier molecular flexibility index (Phi) is 7.73. The van der Waals surface area contributed by atoms with Crippen LogP contribution in [0.5, 0.6) is 0 Å². The summed E-state index contributed by atoms with van der Waals surface area (Å²) in [6.07, 6.45) is 2.59. The first kappa shape index (κ1) is 20.0. The smallest absolute Gasteiger partial charge is 0.251 e. The Bertz CT molecular complexity index is 744. The maximum Gasteiger partial charge on any atom is 0.251 e. The highest BCUT2D eigenvalue weighted by atomic mass is 32.2. The summed E-state index contributed by atoms with van der Waals surface area (Å²) in [4.78, 5) is 25.1. The molecular weight excluding hydrogens is 344 g/mol. The molecule has 0 saturated carbocycles. The highest BCUT2D eigenvalue weighted by molar-refractivity contribution is 7.98. The molecule has 138 valence electrons. The molecule has 1 atom stereocenters. The number of carbonyl (C=O) groups is 2. The van der Waals surface area contributed by atoms with Crippen molar-refractivity contribution < 1.29 is 9.59 Å². The molecule has 0 radical (unpaired) electrons. The molecule has 2 aromatic carbocycles. The van der Waals surface area contributed by atoms with Crippen molar-refractivity contribution in [1.82, 2.24) is 10.6 Å². The average molecular weight is 371 g/mol. The Labute approximate surface area is 159 Å². The van der Waals surface area contributed by atoms with Gasteiger partial charge in [-0.15, -0.1) is 0 Å². The zero-order valence-electron chi connectivity index (χ0n) is 15.5. The zero-order valence-corrected chi connectivity index (χ0v) is 16.4. The van der Waals surface area contributed by atoms with Crippen LogP contribution in [0.15, 0.2) is 48.5 Å². The highest BCUT2D eigenvalue weighted by Crippen LogP contribution is 2.07. The third-order valence-corrected chi connectivity index (χ3v) is 4.74. The number of hydrogen-bond donors (Lipinski definition) is 2. The van der Waals surface area contributed by atoms with Crippen LogP contribution in [-0.4, -0.2) is 29.9 Å². The van der Waals surface area contributed by atoms with Gasteiger partial charge >= 0.3 is 0 Å². The Hall–Kier alpha value is -2.27. The van der Waals surface area contributed by atoms with Crippen LogP contribution in [0.3, 0.4) is 0 Å². The lowest BCUT2D eigenvalue weighted by molar-refractivity contribution is -0.123. The fourth-order valence-corrected chi connectivity index (χ4v) is 3.02. The Morgan fingerprint density at radius 1 is 1.04 bits per heavy atom. The van der Waals surface area contributed by atoms with Crippen molar-refractivity contribution in [3.05, 3.63) is 70.8 Å². The Morgan fingerprint density at radius 2 is 1.77 bits per heavy atom. The molecule has 5 heteroatoms. The summed E-state index contributed by atoms with van der Waals surface area (Å²) in [5, 5.41) is 5.81. The van der Waals surface area contributed by atoms with Gasteiger partial charge in [0, 0.05) is 12.1 Å². The van der Waals surface area contributed by atoms with E-state index in [1.54, 1.807) is 17.8 Å². The molecule has 26 heavy (non-hydrogen) atoms. The molecule has 2 rings (SSSR count). The van der Waals surface area contributed by atoms with Crippen LogP contribution in [0.25, 0.3) is 0 Å². The molecule has 0 aliphatic carbocycles. The standard InChI is InChI=1S/C21H26N2O2S/c1-15-7-9-17(10-8-15)14-22-21(25)19(11-12-26-3)23-20(24)18-6-4-5-16(2)13-18/h4-10,13,19H,11-12,14H2,1-3H3,(H,22,25)(H,23,24)/t19-/m0/s1. The highest BCUT2D eigenvalue weighted by Gasteiger charge is 2.21. The molecule has 0 heterocycles. The number of benzene rings is 2. The number of aryl methyl sites for hydroxylation is 2. The van der Waals surface area contributed by atoms with E-state index in [4.69, 9.17) is 0 Å². The van der Waals surface area contributed by atoms with Crippen LogP contribution < -0.4 is 10.6 Å². The third-order valence-electron chi connectivity index (χ3n) is 4.10. The summed E-state index contributed by atoms with van der Waals surface area (Å²) in [5.41, 5.74) is 3.81. The van der Waals surface area contributed by atoms with E-state index in [-0.39, 0.29) is 11.8 Å². The lowest BCUT2D eigenvalue weighted by Crippen LogP contribution is -2.46. The molecule has 0 unspecified atom stereocenters. The van der Waals surface area contributed by atoms with Crippen molar-refractivity contribution in [3.63, 3.8) is 0 Å². The first-order valence-electron chi connectivity index (χ1n) is 8.69. The molecular formula is C21H26N2O2S. The molecule has 0 bridgehead atoms. The predicted molar refractivity (Wildman–Crippen MR) is 108 cm³/mol. The van der Waals surface area contributed by atoms with E-state index in [0.29, 0.717) is 18.5 Å². The van der Waals surface area contributed by atoms with E-state index in [9.17, 15) is 9.59 Å². The summed E-state index contributed by atoms with van der Waals surface area (Å²) in [5.74, 6) is 0.433. The number of hydrogen-bond acceptors (Lipinski definition) is 3. The summed E-state index contributed by atoms with van der Waals surface area (Å²) < 4.78 is 0. The van der Waals surface area contributed by atoms with Crippen molar-refractivity contribution in [2.24, 2.45) is 0 Å². The van der Waals surface area contributed by atoms with Crippen molar-refractivity contribution in [2.75, 3.05) is 12.0 Å². The van der Waals surface area contributed by atoms with Gasteiger partial charge in [0.15, 0.2) is 0 Å². The van der Waals surface area contributed by atoms with Gasteiger partial charge in [-0.3, -0.25) is 9.59 Å². The van der Waals surface area contributed by atoms with Crippen LogP contribution in [0.4, 0.5) is 0 Å². The molecule has 2 N–H and O–H groups in total. The van der Waals surface area contributed by atoms with E-state index in [2.05, 4.69) is 10.6 Å². The van der Waals surface area contributed by atoms with E-state index in [1.165, 1.54) is 5.56 Å². The molecule has 4 nitrogen and oxygen atoms in total. The largest absolute Gasteiger partial charge is 0.350 e. The quantitative estimate of drug-likeness (QED) is 0.748. The van der Waals surface area contributed by atoms with Gasteiger partial charge in [0.2, 0.25) is 5.91 Å². The molecule has 2 aromatic rings. The average Bonchev–Trinajstić information content (AvgIpc) is 2.64. The van der Waals surface area contributed by atoms with Gasteiger partial charge in [0.1, 0.15) is 6.04 Å². The minimum Gasteiger partial charge on any atom is -0.350 e. The molecule has 0 aliphatic rings. The lowest BCUT2D eigenvalue weighted by atomic mass is 10.1. The molecule has 0 spiro atoms. The van der Waals surface area contributed by atoms with E-state index >= 15 is 0 Å². The lowest BCUT2D eigenvalue weighted by Gasteiger charge is -2.18. The summed E-state index contributed by atoms with van der Waals surface area (Å²) in [6, 6.07) is 14.9. The van der Waals surface area contributed by atoms with Crippen molar-refractivity contribution in [2.45, 2.75) is 32.9 Å². The monoisotopic (exact) mass is 370 g/mol. The van der Waals surface area contributed by atoms with Gasteiger partial charge in [-0.05, 0) is 50.0 Å². The predicted octanol–water partition coefficient (Wildman–Crippen LogP) is 3.47. The summed E-state index contributed by atoms with van der Waals surface area (Å²) in [7, 11) is 0. The topological polar surface area (TPSA) is 58.2 Å². The Balaban J connectivity index is 1.99. The number of rotatable bonds is 8. The number of amides is 2. The van der Waals surface area contributed by atoms with Gasteiger partial charge < -0.3 is 10.6 Å². The molecule has 0 aliphatic heterocycles. The number of thioether (sulfide) groups is 1. The van der Waals surface area contributed by atoms with Crippen LogP contribution in [-0.2, 0) is 11.3 Å². The third kappa shape index (κ3) is 6.23. The number of carbonyl (C=O) groups excluding carboxylic acids is 2. The molecule has 0 aromatic heterocycles. The van der Waals surface area contributed by atoms with E-state index in [1.807, 2.05) is 62.6 Å². The van der Waals surface area contributed by atoms with Crippen molar-refractivity contribution >= 4 is 23.6 Å². The van der Waals surface area contributed by atoms with Gasteiger partial charge in [-0.25, -0.2) is 0 Å². The van der Waals surface area contributed by atoms with Crippen molar-refractivity contribution in [3.8, 4) is 0 Å². The SMILES string of the molecule is CSCC[C@H](NC(=O)c1cccc(C)c1)C(=O)NCc1ccc(C)cc1. The first-order valence-corrected chi connectivity index (χ1v) is 10.1. The zero-order chi connectivity index (χ0) is 18.9. The first-order chi connectivity index (χ1) is 12.5. The Morgan fingerprint density at radius 3 is 2.42 bits per heavy atom. The van der Waals surface area contributed by atoms with Crippen LogP contribution in [0, 0.1) is 13.8 Å². The molecule has 0 fully saturated rings. The van der Waals surface area contributed by atoms with Crippen LogP contribution in [0.1, 0.15) is 33.5 Å². The molecule has 0 saturated heterocycles. The van der Waals surface area contributed by atoms with Gasteiger partial charge in [0.05, 0.1) is 0 Å². The summed E-state index contributed by atoms with van der Waals surface area (Å²) in [6.45, 7) is 4.42. The second kappa shape index (κ2) is 10.0. The maximum atomic E-state index is 12.6. The summed E-state index contributed by atoms with van der Waals surface area (Å²) >= 11 is 1.66. The van der Waals surface area contributed by atoms with Gasteiger partial charge in [-0.2, -0.15) is 11.8 Å². The normalized spacial score (nSPS) is 11.7. The van der Waals surface area contributed by atoms with Gasteiger partial charge in [-0.1, -0.05) is 47.5 Å². The second-order valence-electron chi connectivity index (χ2n) is 6.38. The van der Waals surface area contributed by atoms with E-state index < -0.39 is 6.04 Å². The molecule has 2 amide bonds. The van der Waals surface area contributed by atoms with Crippen LogP contribution in [0.2, 0.25) is 0 Å². The second-order valence-corrected chi connectivity index (χ2v) is 7.37. The van der Waals surface area contributed by atoms with Crippen molar-refractivity contribution in [1.29, 1.82) is 0 Å². The minimum absolute atomic E-state index is 0.152. The fourth-order valence-electron chi connectivity index (χ4n) is 2.55. The van der Waals surface area contributed by atoms with Gasteiger partial charge in [0.25, 0.3) is 5.91 Å². The fraction of sp³-hybridized carbons (Fsp3) is 0.333. The number of nitrogens with one attached hydrogen (secondary N) is 2. The minimum atomic E-state index is -0.541. The van der Waals surface area contributed by atoms with Crippen LogP contribution >= 0.6 is 11.8 Å². The maximum absolute atomic E-state index is 12.6.